The van der Waals surface area contributed by atoms with Crippen molar-refractivity contribution in [2.45, 2.75) is 12.8 Å². The van der Waals surface area contributed by atoms with Gasteiger partial charge in [0.15, 0.2) is 0 Å². The molecule has 1 amide bonds. The minimum atomic E-state index is -0.403. The highest BCUT2D eigenvalue weighted by molar-refractivity contribution is 6.30. The van der Waals surface area contributed by atoms with Gasteiger partial charge >= 0.3 is 0 Å². The Kier molecular flexibility index (Phi) is 6.29. The molecule has 164 valence electrons. The lowest BCUT2D eigenvalue weighted by Crippen LogP contribution is -2.51. The number of carbonyl (C=O) groups excluding carboxylic acids is 1. The summed E-state index contributed by atoms with van der Waals surface area (Å²) in [4.78, 5) is 30.0. The first-order valence-electron chi connectivity index (χ1n) is 10.3. The molecule has 31 heavy (non-hydrogen) atoms. The van der Waals surface area contributed by atoms with Crippen LogP contribution in [-0.4, -0.2) is 62.1 Å². The van der Waals surface area contributed by atoms with E-state index in [0.717, 1.165) is 36.4 Å². The molecule has 0 bridgehead atoms. The molecule has 8 nitrogen and oxygen atoms in total. The molecule has 0 aromatic heterocycles. The normalized spacial score (nSPS) is 16.7. The Morgan fingerprint density at radius 2 is 1.84 bits per heavy atom. The fourth-order valence-electron chi connectivity index (χ4n) is 4.29. The first-order valence-corrected chi connectivity index (χ1v) is 10.7. The van der Waals surface area contributed by atoms with E-state index in [-0.39, 0.29) is 11.6 Å². The van der Waals surface area contributed by atoms with Crippen molar-refractivity contribution >= 4 is 34.6 Å². The second-order valence-electron chi connectivity index (χ2n) is 7.80. The van der Waals surface area contributed by atoms with Crippen molar-refractivity contribution in [3.8, 4) is 5.75 Å². The van der Waals surface area contributed by atoms with Crippen molar-refractivity contribution < 1.29 is 14.5 Å². The van der Waals surface area contributed by atoms with E-state index in [1.807, 2.05) is 28.0 Å². The molecule has 2 heterocycles. The summed E-state index contributed by atoms with van der Waals surface area (Å²) in [5.41, 5.74) is 2.68. The lowest BCUT2D eigenvalue weighted by atomic mass is 10.0. The SMILES string of the molecule is COc1ccc2c(c1)CCCN2C(=O)CN1CCN(c2ccc(Cl)cc2[N+](=O)[O-])CC1. The van der Waals surface area contributed by atoms with Gasteiger partial charge in [-0.25, -0.2) is 0 Å². The van der Waals surface area contributed by atoms with E-state index >= 15 is 0 Å². The number of fused-ring (bicyclic) bond motifs is 1. The highest BCUT2D eigenvalue weighted by atomic mass is 35.5. The van der Waals surface area contributed by atoms with Crippen molar-refractivity contribution in [1.82, 2.24) is 4.90 Å². The Balaban J connectivity index is 1.39. The van der Waals surface area contributed by atoms with Gasteiger partial charge in [0.25, 0.3) is 5.69 Å². The topological polar surface area (TPSA) is 79.2 Å². The largest absolute Gasteiger partial charge is 0.497 e. The van der Waals surface area contributed by atoms with Crippen LogP contribution in [0.15, 0.2) is 36.4 Å². The number of nitrogens with zero attached hydrogens (tertiary/aromatic N) is 4. The molecular weight excluding hydrogens is 420 g/mol. The molecule has 0 aliphatic carbocycles. The van der Waals surface area contributed by atoms with Gasteiger partial charge in [-0.1, -0.05) is 11.6 Å². The summed E-state index contributed by atoms with van der Waals surface area (Å²) < 4.78 is 5.31. The second-order valence-corrected chi connectivity index (χ2v) is 8.23. The zero-order valence-corrected chi connectivity index (χ0v) is 18.2. The van der Waals surface area contributed by atoms with Gasteiger partial charge in [-0.15, -0.1) is 0 Å². The smallest absolute Gasteiger partial charge is 0.294 e. The molecule has 1 fully saturated rings. The second kappa shape index (κ2) is 9.11. The van der Waals surface area contributed by atoms with Crippen molar-refractivity contribution in [2.75, 3.05) is 56.2 Å². The Bertz CT molecular complexity index is 991. The van der Waals surface area contributed by atoms with Crippen molar-refractivity contribution in [3.05, 3.63) is 57.1 Å². The predicted octanol–water partition coefficient (Wildman–Crippen LogP) is 3.36. The third-order valence-electron chi connectivity index (χ3n) is 5.91. The number of anilines is 2. The number of halogens is 1. The zero-order valence-electron chi connectivity index (χ0n) is 17.4. The highest BCUT2D eigenvalue weighted by Crippen LogP contribution is 2.32. The molecule has 4 rings (SSSR count). The Morgan fingerprint density at radius 1 is 1.10 bits per heavy atom. The minimum absolute atomic E-state index is 0.0115. The number of methoxy groups -OCH3 is 1. The molecule has 0 spiro atoms. The number of nitro benzene ring substituents is 1. The number of hydrogen-bond acceptors (Lipinski definition) is 6. The van der Waals surface area contributed by atoms with Gasteiger partial charge in [-0.2, -0.15) is 0 Å². The van der Waals surface area contributed by atoms with Crippen LogP contribution in [0.1, 0.15) is 12.0 Å². The standard InChI is InChI=1S/C22H25ClN4O4/c1-31-18-5-7-19-16(13-18)3-2-8-26(19)22(28)15-24-9-11-25(12-10-24)20-6-4-17(23)14-21(20)27(29)30/h4-7,13-14H,2-3,8-12,15H2,1H3. The van der Waals surface area contributed by atoms with Gasteiger partial charge in [0.1, 0.15) is 11.4 Å². The Morgan fingerprint density at radius 3 is 2.55 bits per heavy atom. The molecule has 9 heteroatoms. The number of nitro groups is 1. The number of ether oxygens (including phenoxy) is 1. The molecule has 1 saturated heterocycles. The van der Waals surface area contributed by atoms with Crippen molar-refractivity contribution in [1.29, 1.82) is 0 Å². The van der Waals surface area contributed by atoms with E-state index in [1.165, 1.54) is 6.07 Å². The number of carbonyl (C=O) groups is 1. The van der Waals surface area contributed by atoms with Crippen LogP contribution >= 0.6 is 11.6 Å². The van der Waals surface area contributed by atoms with Crippen molar-refractivity contribution in [3.63, 3.8) is 0 Å². The van der Waals surface area contributed by atoms with Crippen LogP contribution in [-0.2, 0) is 11.2 Å². The van der Waals surface area contributed by atoms with Gasteiger partial charge in [-0.05, 0) is 48.7 Å². The summed E-state index contributed by atoms with van der Waals surface area (Å²) in [5.74, 6) is 0.887. The number of aryl methyl sites for hydroxylation is 1. The first kappa shape index (κ1) is 21.4. The fraction of sp³-hybridized carbons (Fsp3) is 0.409. The third-order valence-corrected chi connectivity index (χ3v) is 6.15. The average Bonchev–Trinajstić information content (AvgIpc) is 2.78. The molecular formula is C22H25ClN4O4. The predicted molar refractivity (Wildman–Crippen MR) is 120 cm³/mol. The van der Waals surface area contributed by atoms with E-state index in [9.17, 15) is 14.9 Å². The molecule has 0 radical (unpaired) electrons. The van der Waals surface area contributed by atoms with E-state index in [0.29, 0.717) is 43.4 Å². The maximum atomic E-state index is 13.1. The maximum absolute atomic E-state index is 13.1. The van der Waals surface area contributed by atoms with Crippen LogP contribution in [0.25, 0.3) is 0 Å². The van der Waals surface area contributed by atoms with E-state index in [4.69, 9.17) is 16.3 Å². The van der Waals surface area contributed by atoms with Gasteiger partial charge in [-0.3, -0.25) is 19.8 Å². The minimum Gasteiger partial charge on any atom is -0.497 e. The van der Waals surface area contributed by atoms with E-state index in [1.54, 1.807) is 19.2 Å². The van der Waals surface area contributed by atoms with E-state index < -0.39 is 4.92 Å². The Hall–Kier alpha value is -2.84. The van der Waals surface area contributed by atoms with Crippen molar-refractivity contribution in [2.24, 2.45) is 0 Å². The summed E-state index contributed by atoms with van der Waals surface area (Å²) in [5, 5.41) is 11.7. The van der Waals surface area contributed by atoms with Crippen LogP contribution < -0.4 is 14.5 Å². The summed E-state index contributed by atoms with van der Waals surface area (Å²) in [6.07, 6.45) is 1.87. The molecule has 2 aliphatic heterocycles. The van der Waals surface area contributed by atoms with Crippen LogP contribution in [0.2, 0.25) is 5.02 Å². The summed E-state index contributed by atoms with van der Waals surface area (Å²) in [6.45, 7) is 3.61. The monoisotopic (exact) mass is 444 g/mol. The zero-order chi connectivity index (χ0) is 22.0. The van der Waals surface area contributed by atoms with Crippen LogP contribution in [0.3, 0.4) is 0 Å². The first-order chi connectivity index (χ1) is 15.0. The number of rotatable bonds is 5. The fourth-order valence-corrected chi connectivity index (χ4v) is 4.46. The van der Waals surface area contributed by atoms with Gasteiger partial charge in [0, 0.05) is 49.5 Å². The average molecular weight is 445 g/mol. The number of piperazine rings is 1. The summed E-state index contributed by atoms with van der Waals surface area (Å²) >= 11 is 5.93. The van der Waals surface area contributed by atoms with E-state index in [2.05, 4.69) is 4.90 Å². The maximum Gasteiger partial charge on any atom is 0.294 e. The number of benzene rings is 2. The summed E-state index contributed by atoms with van der Waals surface area (Å²) in [6, 6.07) is 10.6. The van der Waals surface area contributed by atoms with Gasteiger partial charge in [0.2, 0.25) is 5.91 Å². The van der Waals surface area contributed by atoms with Crippen LogP contribution in [0.4, 0.5) is 17.1 Å². The highest BCUT2D eigenvalue weighted by Gasteiger charge is 2.28. The Labute approximate surface area is 186 Å². The third kappa shape index (κ3) is 4.60. The molecule has 0 saturated carbocycles. The van der Waals surface area contributed by atoms with Gasteiger partial charge in [0.05, 0.1) is 18.6 Å². The van der Waals surface area contributed by atoms with Gasteiger partial charge < -0.3 is 14.5 Å². The lowest BCUT2D eigenvalue weighted by Gasteiger charge is -2.37. The number of amides is 1. The molecule has 2 aromatic carbocycles. The molecule has 0 atom stereocenters. The lowest BCUT2D eigenvalue weighted by molar-refractivity contribution is -0.384. The van der Waals surface area contributed by atoms with Crippen LogP contribution in [0.5, 0.6) is 5.75 Å². The molecule has 2 aliphatic rings. The summed E-state index contributed by atoms with van der Waals surface area (Å²) in [7, 11) is 1.64. The van der Waals surface area contributed by atoms with Crippen LogP contribution in [0, 0.1) is 10.1 Å². The molecule has 0 unspecified atom stereocenters. The number of hydrogen-bond donors (Lipinski definition) is 0. The molecule has 2 aromatic rings. The molecule has 0 N–H and O–H groups in total. The quantitative estimate of drug-likeness (QED) is 0.519.